The standard InChI is InChI=1S/C16H16N8O/c1-2-24-13-12(22-15(24)17)6-10(7-19-13)14(25)20-8-11-9-23-5-3-4-18-16(23)21-11/h3-7,9H,2,8H2,1H3,(H2,17,22)(H,20,25). The van der Waals surface area contributed by atoms with Gasteiger partial charge in [-0.05, 0) is 19.1 Å². The molecule has 0 aromatic carbocycles. The number of carbonyl (C=O) groups excluding carboxylic acids is 1. The molecule has 126 valence electrons. The summed E-state index contributed by atoms with van der Waals surface area (Å²) in [7, 11) is 0. The number of fused-ring (bicyclic) bond motifs is 2. The molecule has 9 nitrogen and oxygen atoms in total. The summed E-state index contributed by atoms with van der Waals surface area (Å²) in [4.78, 5) is 29.4. The molecular formula is C16H16N8O. The minimum Gasteiger partial charge on any atom is -0.369 e. The van der Waals surface area contributed by atoms with Gasteiger partial charge in [-0.25, -0.2) is 19.9 Å². The molecule has 0 aliphatic rings. The number of pyridine rings is 1. The second-order valence-corrected chi connectivity index (χ2v) is 5.52. The molecule has 0 aliphatic carbocycles. The summed E-state index contributed by atoms with van der Waals surface area (Å²) < 4.78 is 3.59. The van der Waals surface area contributed by atoms with Crippen molar-refractivity contribution in [2.24, 2.45) is 0 Å². The number of amides is 1. The lowest BCUT2D eigenvalue weighted by Gasteiger charge is -2.04. The summed E-state index contributed by atoms with van der Waals surface area (Å²) in [6.07, 6.45) is 6.88. The number of hydrogen-bond donors (Lipinski definition) is 2. The molecule has 3 N–H and O–H groups in total. The molecule has 0 unspecified atom stereocenters. The highest BCUT2D eigenvalue weighted by atomic mass is 16.1. The van der Waals surface area contributed by atoms with E-state index in [1.807, 2.05) is 25.4 Å². The molecule has 0 bridgehead atoms. The average Bonchev–Trinajstić information content (AvgIpc) is 3.18. The number of aromatic nitrogens is 6. The average molecular weight is 336 g/mol. The summed E-state index contributed by atoms with van der Waals surface area (Å²) >= 11 is 0. The largest absolute Gasteiger partial charge is 0.369 e. The molecule has 4 rings (SSSR count). The number of imidazole rings is 2. The van der Waals surface area contributed by atoms with Crippen molar-refractivity contribution in [3.8, 4) is 0 Å². The number of anilines is 1. The highest BCUT2D eigenvalue weighted by Crippen LogP contribution is 2.16. The van der Waals surface area contributed by atoms with Gasteiger partial charge >= 0.3 is 0 Å². The molecule has 25 heavy (non-hydrogen) atoms. The Bertz CT molecular complexity index is 1050. The van der Waals surface area contributed by atoms with Crippen LogP contribution in [0.15, 0.2) is 36.9 Å². The Morgan fingerprint density at radius 1 is 1.32 bits per heavy atom. The van der Waals surface area contributed by atoms with Crippen LogP contribution in [0.1, 0.15) is 23.0 Å². The van der Waals surface area contributed by atoms with E-state index in [0.717, 1.165) is 5.69 Å². The molecule has 0 radical (unpaired) electrons. The molecule has 0 saturated carbocycles. The molecule has 0 fully saturated rings. The Hall–Kier alpha value is -3.49. The van der Waals surface area contributed by atoms with Gasteiger partial charge in [0.1, 0.15) is 5.52 Å². The van der Waals surface area contributed by atoms with Crippen molar-refractivity contribution in [1.29, 1.82) is 0 Å². The Morgan fingerprint density at radius 2 is 2.20 bits per heavy atom. The molecule has 4 aromatic heterocycles. The fourth-order valence-electron chi connectivity index (χ4n) is 2.70. The Labute approximate surface area is 142 Å². The van der Waals surface area contributed by atoms with Crippen molar-refractivity contribution >= 4 is 28.8 Å². The number of hydrogen-bond acceptors (Lipinski definition) is 6. The Balaban J connectivity index is 1.53. The van der Waals surface area contributed by atoms with Crippen LogP contribution < -0.4 is 11.1 Å². The molecular weight excluding hydrogens is 320 g/mol. The minimum atomic E-state index is -0.246. The van der Waals surface area contributed by atoms with Crippen LogP contribution in [-0.2, 0) is 13.1 Å². The minimum absolute atomic E-state index is 0.246. The third-order valence-corrected chi connectivity index (χ3v) is 3.91. The van der Waals surface area contributed by atoms with Crippen LogP contribution in [0.4, 0.5) is 5.95 Å². The summed E-state index contributed by atoms with van der Waals surface area (Å²) in [6.45, 7) is 2.93. The lowest BCUT2D eigenvalue weighted by atomic mass is 10.2. The first-order valence-electron chi connectivity index (χ1n) is 7.84. The zero-order chi connectivity index (χ0) is 17.4. The van der Waals surface area contributed by atoms with Crippen LogP contribution in [-0.4, -0.2) is 34.8 Å². The van der Waals surface area contributed by atoms with E-state index in [-0.39, 0.29) is 5.91 Å². The number of nitrogens with one attached hydrogen (secondary N) is 1. The zero-order valence-electron chi connectivity index (χ0n) is 13.5. The number of nitrogens with zero attached hydrogens (tertiary/aromatic N) is 6. The van der Waals surface area contributed by atoms with Gasteiger partial charge in [-0.2, -0.15) is 0 Å². The molecule has 0 saturated heterocycles. The van der Waals surface area contributed by atoms with E-state index >= 15 is 0 Å². The topological polar surface area (TPSA) is 116 Å². The fourth-order valence-corrected chi connectivity index (χ4v) is 2.70. The normalized spacial score (nSPS) is 11.2. The molecule has 0 aliphatic heterocycles. The monoisotopic (exact) mass is 336 g/mol. The second kappa shape index (κ2) is 5.86. The van der Waals surface area contributed by atoms with E-state index in [2.05, 4.69) is 25.3 Å². The van der Waals surface area contributed by atoms with Crippen molar-refractivity contribution < 1.29 is 4.79 Å². The van der Waals surface area contributed by atoms with Gasteiger partial charge < -0.3 is 11.1 Å². The number of carbonyl (C=O) groups is 1. The Kier molecular flexibility index (Phi) is 3.53. The van der Waals surface area contributed by atoms with Crippen LogP contribution in [0.3, 0.4) is 0 Å². The highest BCUT2D eigenvalue weighted by molar-refractivity contribution is 5.96. The van der Waals surface area contributed by atoms with Crippen LogP contribution in [0.2, 0.25) is 0 Å². The summed E-state index contributed by atoms with van der Waals surface area (Å²) in [5.41, 5.74) is 8.28. The number of nitrogen functional groups attached to an aromatic ring is 1. The smallest absolute Gasteiger partial charge is 0.253 e. The fraction of sp³-hybridized carbons (Fsp3) is 0.188. The maximum absolute atomic E-state index is 12.4. The second-order valence-electron chi connectivity index (χ2n) is 5.52. The molecule has 0 spiro atoms. The predicted octanol–water partition coefficient (Wildman–Crippen LogP) is 1.01. The van der Waals surface area contributed by atoms with Gasteiger partial charge in [0, 0.05) is 31.3 Å². The summed E-state index contributed by atoms with van der Waals surface area (Å²) in [5, 5.41) is 2.83. The van der Waals surface area contributed by atoms with E-state index in [1.54, 1.807) is 21.2 Å². The summed E-state index contributed by atoms with van der Waals surface area (Å²) in [6, 6.07) is 3.50. The van der Waals surface area contributed by atoms with E-state index in [1.165, 1.54) is 6.20 Å². The van der Waals surface area contributed by atoms with Crippen molar-refractivity contribution in [1.82, 2.24) is 34.2 Å². The van der Waals surface area contributed by atoms with Gasteiger partial charge in [0.25, 0.3) is 5.91 Å². The zero-order valence-corrected chi connectivity index (χ0v) is 13.5. The maximum atomic E-state index is 12.4. The maximum Gasteiger partial charge on any atom is 0.253 e. The van der Waals surface area contributed by atoms with Gasteiger partial charge in [-0.1, -0.05) is 0 Å². The van der Waals surface area contributed by atoms with E-state index in [4.69, 9.17) is 5.73 Å². The lowest BCUT2D eigenvalue weighted by Crippen LogP contribution is -2.23. The van der Waals surface area contributed by atoms with Gasteiger partial charge in [0.05, 0.1) is 17.8 Å². The molecule has 0 atom stereocenters. The molecule has 1 amide bonds. The first-order valence-corrected chi connectivity index (χ1v) is 7.84. The van der Waals surface area contributed by atoms with Gasteiger partial charge in [0.15, 0.2) is 5.65 Å². The molecule has 9 heteroatoms. The molecule has 4 heterocycles. The van der Waals surface area contributed by atoms with Crippen LogP contribution in [0.5, 0.6) is 0 Å². The molecule has 4 aromatic rings. The van der Waals surface area contributed by atoms with Crippen molar-refractivity contribution in [2.45, 2.75) is 20.0 Å². The third-order valence-electron chi connectivity index (χ3n) is 3.91. The lowest BCUT2D eigenvalue weighted by molar-refractivity contribution is 0.0950. The third kappa shape index (κ3) is 2.65. The van der Waals surface area contributed by atoms with Gasteiger partial charge in [0.2, 0.25) is 11.7 Å². The number of rotatable bonds is 4. The van der Waals surface area contributed by atoms with E-state index < -0.39 is 0 Å². The Morgan fingerprint density at radius 3 is 3.00 bits per heavy atom. The number of nitrogens with two attached hydrogens (primary N) is 1. The van der Waals surface area contributed by atoms with Crippen LogP contribution in [0, 0.1) is 0 Å². The van der Waals surface area contributed by atoms with Crippen molar-refractivity contribution in [3.63, 3.8) is 0 Å². The van der Waals surface area contributed by atoms with Crippen LogP contribution in [0.25, 0.3) is 16.9 Å². The number of aryl methyl sites for hydroxylation is 1. The van der Waals surface area contributed by atoms with E-state index in [9.17, 15) is 4.79 Å². The first kappa shape index (κ1) is 15.1. The summed E-state index contributed by atoms with van der Waals surface area (Å²) in [5.74, 6) is 0.735. The predicted molar refractivity (Wildman–Crippen MR) is 91.8 cm³/mol. The highest BCUT2D eigenvalue weighted by Gasteiger charge is 2.13. The van der Waals surface area contributed by atoms with E-state index in [0.29, 0.717) is 41.5 Å². The van der Waals surface area contributed by atoms with Crippen molar-refractivity contribution in [3.05, 3.63) is 48.2 Å². The van der Waals surface area contributed by atoms with Crippen molar-refractivity contribution in [2.75, 3.05) is 5.73 Å². The first-order chi connectivity index (χ1) is 12.2. The van der Waals surface area contributed by atoms with Gasteiger partial charge in [-0.3, -0.25) is 13.8 Å². The quantitative estimate of drug-likeness (QED) is 0.574. The SMILES string of the molecule is CCn1c(N)nc2cc(C(=O)NCc3cn4cccnc4n3)cnc21. The van der Waals surface area contributed by atoms with Crippen LogP contribution >= 0.6 is 0 Å². The van der Waals surface area contributed by atoms with Gasteiger partial charge in [-0.15, -0.1) is 0 Å².